The number of aromatic nitrogens is 2. The normalized spacial score (nSPS) is 10.2. The number of amides is 1. The van der Waals surface area contributed by atoms with Gasteiger partial charge in [-0.2, -0.15) is 9.97 Å². The number of aryl methyl sites for hydroxylation is 1. The van der Waals surface area contributed by atoms with Crippen molar-refractivity contribution in [2.45, 2.75) is 12.8 Å². The molecule has 0 aliphatic heterocycles. The number of aromatic hydroxyl groups is 2. The number of carbonyl (C=O) groups excluding carboxylic acids is 1. The van der Waals surface area contributed by atoms with Crippen molar-refractivity contribution in [1.82, 2.24) is 9.97 Å². The van der Waals surface area contributed by atoms with E-state index in [9.17, 15) is 15.0 Å². The van der Waals surface area contributed by atoms with Gasteiger partial charge in [-0.3, -0.25) is 4.79 Å². The van der Waals surface area contributed by atoms with Crippen LogP contribution in [-0.4, -0.2) is 26.1 Å². The molecule has 2 aromatic rings. The summed E-state index contributed by atoms with van der Waals surface area (Å²) in [7, 11) is 0. The predicted molar refractivity (Wildman–Crippen MR) is 73.2 cm³/mol. The summed E-state index contributed by atoms with van der Waals surface area (Å²) in [6.07, 6.45) is 0.747. The van der Waals surface area contributed by atoms with E-state index in [1.54, 1.807) is 0 Å². The third kappa shape index (κ3) is 3.35. The van der Waals surface area contributed by atoms with Crippen molar-refractivity contribution in [3.63, 3.8) is 0 Å². The van der Waals surface area contributed by atoms with Gasteiger partial charge in [-0.1, -0.05) is 30.3 Å². The zero-order valence-electron chi connectivity index (χ0n) is 10.6. The summed E-state index contributed by atoms with van der Waals surface area (Å²) in [5.74, 6) is -1.78. The third-order valence-corrected chi connectivity index (χ3v) is 2.64. The zero-order chi connectivity index (χ0) is 14.5. The number of benzene rings is 1. The fourth-order valence-corrected chi connectivity index (χ4v) is 1.67. The molecule has 0 atom stereocenters. The van der Waals surface area contributed by atoms with Gasteiger partial charge in [-0.25, -0.2) is 0 Å². The maximum Gasteiger partial charge on any atom is 0.244 e. The summed E-state index contributed by atoms with van der Waals surface area (Å²) in [5, 5.41) is 21.4. The minimum atomic E-state index is -0.567. The minimum Gasteiger partial charge on any atom is -0.492 e. The first-order valence-electron chi connectivity index (χ1n) is 5.95. The van der Waals surface area contributed by atoms with Gasteiger partial charge >= 0.3 is 0 Å². The topological polar surface area (TPSA) is 121 Å². The molecule has 2 rings (SSSR count). The summed E-state index contributed by atoms with van der Waals surface area (Å²) >= 11 is 0. The number of hydrogen-bond donors (Lipinski definition) is 4. The van der Waals surface area contributed by atoms with Crippen molar-refractivity contribution in [3.8, 4) is 11.8 Å². The second kappa shape index (κ2) is 5.87. The Hall–Kier alpha value is -2.83. The molecule has 1 amide bonds. The highest BCUT2D eigenvalue weighted by Gasteiger charge is 2.15. The molecule has 0 fully saturated rings. The van der Waals surface area contributed by atoms with Crippen LogP contribution >= 0.6 is 0 Å². The van der Waals surface area contributed by atoms with E-state index in [1.165, 1.54) is 0 Å². The Morgan fingerprint density at radius 1 is 1.15 bits per heavy atom. The first-order valence-corrected chi connectivity index (χ1v) is 5.95. The van der Waals surface area contributed by atoms with Crippen molar-refractivity contribution in [3.05, 3.63) is 35.9 Å². The Labute approximate surface area is 115 Å². The van der Waals surface area contributed by atoms with Gasteiger partial charge in [0.1, 0.15) is 0 Å². The highest BCUT2D eigenvalue weighted by Crippen LogP contribution is 2.29. The zero-order valence-corrected chi connectivity index (χ0v) is 10.6. The van der Waals surface area contributed by atoms with Crippen LogP contribution in [0.3, 0.4) is 0 Å². The van der Waals surface area contributed by atoms with Crippen molar-refractivity contribution >= 4 is 17.5 Å². The maximum absolute atomic E-state index is 11.8. The van der Waals surface area contributed by atoms with E-state index in [1.807, 2.05) is 30.3 Å². The van der Waals surface area contributed by atoms with Crippen LogP contribution in [0.1, 0.15) is 12.0 Å². The lowest BCUT2D eigenvalue weighted by atomic mass is 10.1. The Bertz CT molecular complexity index is 593. The largest absolute Gasteiger partial charge is 0.492 e. The average molecular weight is 274 g/mol. The van der Waals surface area contributed by atoms with E-state index in [-0.39, 0.29) is 24.0 Å². The van der Waals surface area contributed by atoms with Gasteiger partial charge < -0.3 is 21.3 Å². The molecule has 0 aliphatic rings. The molecule has 1 heterocycles. The molecule has 0 aliphatic carbocycles. The maximum atomic E-state index is 11.8. The lowest BCUT2D eigenvalue weighted by molar-refractivity contribution is -0.116. The Morgan fingerprint density at radius 2 is 1.75 bits per heavy atom. The predicted octanol–water partition coefficient (Wildman–Crippen LogP) is 1.04. The fraction of sp³-hybridized carbons (Fsp3) is 0.154. The number of nitrogens with zero attached hydrogens (tertiary/aromatic N) is 2. The van der Waals surface area contributed by atoms with Gasteiger partial charge in [0.15, 0.2) is 5.69 Å². The quantitative estimate of drug-likeness (QED) is 0.661. The number of carbonyl (C=O) groups is 1. The van der Waals surface area contributed by atoms with Crippen LogP contribution in [0.5, 0.6) is 11.8 Å². The third-order valence-electron chi connectivity index (χ3n) is 2.64. The molecule has 0 bridgehead atoms. The van der Waals surface area contributed by atoms with E-state index in [0.717, 1.165) is 5.56 Å². The summed E-state index contributed by atoms with van der Waals surface area (Å²) in [6.45, 7) is 0. The number of nitrogens with one attached hydrogen (secondary N) is 1. The highest BCUT2D eigenvalue weighted by molar-refractivity contribution is 5.93. The lowest BCUT2D eigenvalue weighted by Crippen LogP contribution is -2.13. The summed E-state index contributed by atoms with van der Waals surface area (Å²) in [5.41, 5.74) is 6.02. The van der Waals surface area contributed by atoms with Crippen LogP contribution in [0.4, 0.5) is 11.6 Å². The molecule has 1 aromatic carbocycles. The lowest BCUT2D eigenvalue weighted by Gasteiger charge is -2.08. The van der Waals surface area contributed by atoms with E-state index in [0.29, 0.717) is 6.42 Å². The summed E-state index contributed by atoms with van der Waals surface area (Å²) < 4.78 is 0. The van der Waals surface area contributed by atoms with Crippen LogP contribution in [-0.2, 0) is 11.2 Å². The molecular formula is C13H14N4O3. The van der Waals surface area contributed by atoms with Crippen molar-refractivity contribution in [2.75, 3.05) is 11.1 Å². The van der Waals surface area contributed by atoms with E-state index >= 15 is 0 Å². The van der Waals surface area contributed by atoms with E-state index in [2.05, 4.69) is 15.3 Å². The van der Waals surface area contributed by atoms with Gasteiger partial charge in [-0.15, -0.1) is 0 Å². The molecule has 7 nitrogen and oxygen atoms in total. The van der Waals surface area contributed by atoms with Crippen LogP contribution in [0, 0.1) is 0 Å². The molecule has 20 heavy (non-hydrogen) atoms. The van der Waals surface area contributed by atoms with Gasteiger partial charge in [0.2, 0.25) is 23.6 Å². The van der Waals surface area contributed by atoms with Crippen molar-refractivity contribution in [1.29, 1.82) is 0 Å². The monoisotopic (exact) mass is 274 g/mol. The van der Waals surface area contributed by atoms with Crippen molar-refractivity contribution in [2.24, 2.45) is 0 Å². The Balaban J connectivity index is 1.98. The number of nitrogen functional groups attached to an aromatic ring is 1. The molecular weight excluding hydrogens is 260 g/mol. The fourth-order valence-electron chi connectivity index (χ4n) is 1.67. The molecule has 0 unspecified atom stereocenters. The Morgan fingerprint density at radius 3 is 2.35 bits per heavy atom. The molecule has 5 N–H and O–H groups in total. The van der Waals surface area contributed by atoms with Gasteiger partial charge in [0, 0.05) is 6.42 Å². The number of anilines is 2. The summed E-state index contributed by atoms with van der Waals surface area (Å²) in [4.78, 5) is 18.7. The highest BCUT2D eigenvalue weighted by atomic mass is 16.3. The van der Waals surface area contributed by atoms with Crippen LogP contribution in [0.15, 0.2) is 30.3 Å². The van der Waals surface area contributed by atoms with Crippen molar-refractivity contribution < 1.29 is 15.0 Å². The SMILES string of the molecule is Nc1nc(O)c(NC(=O)CCc2ccccc2)c(O)n1. The molecule has 104 valence electrons. The average Bonchev–Trinajstić information content (AvgIpc) is 2.42. The Kier molecular flexibility index (Phi) is 3.99. The van der Waals surface area contributed by atoms with Gasteiger partial charge in [-0.05, 0) is 12.0 Å². The first-order chi connectivity index (χ1) is 9.56. The molecule has 0 spiro atoms. The van der Waals surface area contributed by atoms with Crippen LogP contribution in [0.2, 0.25) is 0 Å². The smallest absolute Gasteiger partial charge is 0.244 e. The number of hydrogen-bond acceptors (Lipinski definition) is 6. The van der Waals surface area contributed by atoms with Gasteiger partial charge in [0.25, 0.3) is 0 Å². The molecule has 0 saturated heterocycles. The minimum absolute atomic E-state index is 0.202. The molecule has 0 saturated carbocycles. The summed E-state index contributed by atoms with van der Waals surface area (Å²) in [6, 6.07) is 9.49. The van der Waals surface area contributed by atoms with Crippen LogP contribution < -0.4 is 11.1 Å². The van der Waals surface area contributed by atoms with E-state index in [4.69, 9.17) is 5.73 Å². The second-order valence-electron chi connectivity index (χ2n) is 4.14. The molecule has 1 aromatic heterocycles. The second-order valence-corrected chi connectivity index (χ2v) is 4.14. The number of nitrogens with two attached hydrogens (primary N) is 1. The first kappa shape index (κ1) is 13.6. The molecule has 7 heteroatoms. The van der Waals surface area contributed by atoms with Gasteiger partial charge in [0.05, 0.1) is 0 Å². The van der Waals surface area contributed by atoms with E-state index < -0.39 is 11.8 Å². The standard InChI is InChI=1S/C13H14N4O3/c14-13-16-11(19)10(12(20)17-13)15-9(18)7-6-8-4-2-1-3-5-8/h1-5H,6-7H2,(H,15,18)(H4,14,16,17,19,20). The molecule has 0 radical (unpaired) electrons. The van der Waals surface area contributed by atoms with Crippen LogP contribution in [0.25, 0.3) is 0 Å². The number of rotatable bonds is 4.